The number of nitrogens with zero attached hydrogens (tertiary/aromatic N) is 5. The first kappa shape index (κ1) is 14.9. The summed E-state index contributed by atoms with van der Waals surface area (Å²) in [5.41, 5.74) is 0.816. The number of aryl methyl sites for hydroxylation is 1. The Labute approximate surface area is 137 Å². The van der Waals surface area contributed by atoms with Gasteiger partial charge in [-0.15, -0.1) is 15.3 Å². The fourth-order valence-electron chi connectivity index (χ4n) is 3.74. The first-order valence-electron chi connectivity index (χ1n) is 8.86. The Balaban J connectivity index is 1.28. The zero-order valence-corrected chi connectivity index (χ0v) is 14.1. The van der Waals surface area contributed by atoms with Crippen LogP contribution in [0.4, 0.5) is 5.82 Å². The summed E-state index contributed by atoms with van der Waals surface area (Å²) in [6.07, 6.45) is 5.47. The lowest BCUT2D eigenvalue weighted by Gasteiger charge is -2.41. The van der Waals surface area contributed by atoms with Gasteiger partial charge in [-0.1, -0.05) is 6.92 Å². The molecule has 1 saturated carbocycles. The predicted molar refractivity (Wildman–Crippen MR) is 90.6 cm³/mol. The quantitative estimate of drug-likeness (QED) is 0.936. The molecule has 0 atom stereocenters. The number of hydrogen-bond acceptors (Lipinski definition) is 5. The summed E-state index contributed by atoms with van der Waals surface area (Å²) in [4.78, 5) is 2.34. The summed E-state index contributed by atoms with van der Waals surface area (Å²) < 4.78 is 1.82. The standard InChI is InChI=1S/C17H26N6/c1-12-3-5-15(6-4-12)18-9-14-10-22(11-14)17-8-7-16-20-19-13(2)23(16)21-17/h7-8,12,14-15,18H,3-6,9-11H2,1-2H3. The van der Waals surface area contributed by atoms with Gasteiger partial charge in [-0.25, -0.2) is 0 Å². The lowest BCUT2D eigenvalue weighted by Crippen LogP contribution is -2.52. The van der Waals surface area contributed by atoms with Crippen molar-refractivity contribution in [3.63, 3.8) is 0 Å². The van der Waals surface area contributed by atoms with E-state index < -0.39 is 0 Å². The summed E-state index contributed by atoms with van der Waals surface area (Å²) >= 11 is 0. The molecule has 4 rings (SSSR count). The number of aromatic nitrogens is 4. The van der Waals surface area contributed by atoms with E-state index in [4.69, 9.17) is 0 Å². The largest absolute Gasteiger partial charge is 0.354 e. The molecule has 0 aromatic carbocycles. The Hall–Kier alpha value is -1.69. The molecule has 2 aliphatic rings. The van der Waals surface area contributed by atoms with Crippen molar-refractivity contribution in [3.8, 4) is 0 Å². The lowest BCUT2D eigenvalue weighted by atomic mass is 9.87. The molecular formula is C17H26N6. The zero-order chi connectivity index (χ0) is 15.8. The van der Waals surface area contributed by atoms with Crippen molar-refractivity contribution < 1.29 is 0 Å². The molecule has 1 aliphatic heterocycles. The average molecular weight is 314 g/mol. The van der Waals surface area contributed by atoms with Crippen LogP contribution in [-0.4, -0.2) is 45.5 Å². The first-order chi connectivity index (χ1) is 11.2. The van der Waals surface area contributed by atoms with Crippen molar-refractivity contribution >= 4 is 11.5 Å². The molecule has 0 amide bonds. The van der Waals surface area contributed by atoms with E-state index in [1.807, 2.05) is 17.5 Å². The number of rotatable bonds is 4. The van der Waals surface area contributed by atoms with E-state index in [2.05, 4.69) is 38.5 Å². The van der Waals surface area contributed by atoms with Crippen LogP contribution in [0.5, 0.6) is 0 Å². The van der Waals surface area contributed by atoms with Crippen molar-refractivity contribution in [1.29, 1.82) is 0 Å². The molecule has 1 N–H and O–H groups in total. The molecule has 0 bridgehead atoms. The third-order valence-electron chi connectivity index (χ3n) is 5.40. The van der Waals surface area contributed by atoms with E-state index in [0.29, 0.717) is 0 Å². The summed E-state index contributed by atoms with van der Waals surface area (Å²) in [7, 11) is 0. The molecule has 23 heavy (non-hydrogen) atoms. The fourth-order valence-corrected chi connectivity index (χ4v) is 3.74. The second-order valence-corrected chi connectivity index (χ2v) is 7.34. The van der Waals surface area contributed by atoms with Crippen LogP contribution >= 0.6 is 0 Å². The van der Waals surface area contributed by atoms with Gasteiger partial charge in [0.05, 0.1) is 0 Å². The lowest BCUT2D eigenvalue weighted by molar-refractivity contribution is 0.281. The van der Waals surface area contributed by atoms with Crippen molar-refractivity contribution in [3.05, 3.63) is 18.0 Å². The van der Waals surface area contributed by atoms with Gasteiger partial charge in [0.2, 0.25) is 0 Å². The van der Waals surface area contributed by atoms with E-state index in [1.165, 1.54) is 25.7 Å². The molecule has 1 aliphatic carbocycles. The number of fused-ring (bicyclic) bond motifs is 1. The maximum atomic E-state index is 4.65. The molecule has 0 radical (unpaired) electrons. The highest BCUT2D eigenvalue weighted by Crippen LogP contribution is 2.25. The van der Waals surface area contributed by atoms with Crippen LogP contribution in [0.15, 0.2) is 12.1 Å². The Morgan fingerprint density at radius 1 is 1.13 bits per heavy atom. The van der Waals surface area contributed by atoms with Crippen LogP contribution in [-0.2, 0) is 0 Å². The Morgan fingerprint density at radius 3 is 2.70 bits per heavy atom. The molecule has 3 heterocycles. The van der Waals surface area contributed by atoms with Crippen molar-refractivity contribution in [2.24, 2.45) is 11.8 Å². The van der Waals surface area contributed by atoms with E-state index in [9.17, 15) is 0 Å². The summed E-state index contributed by atoms with van der Waals surface area (Å²) in [6, 6.07) is 4.79. The number of nitrogens with one attached hydrogen (secondary N) is 1. The molecule has 2 aromatic rings. The highest BCUT2D eigenvalue weighted by Gasteiger charge is 2.29. The van der Waals surface area contributed by atoms with E-state index in [1.54, 1.807) is 0 Å². The van der Waals surface area contributed by atoms with Crippen LogP contribution in [0.3, 0.4) is 0 Å². The second-order valence-electron chi connectivity index (χ2n) is 7.34. The number of hydrogen-bond donors (Lipinski definition) is 1. The maximum Gasteiger partial charge on any atom is 0.178 e. The van der Waals surface area contributed by atoms with Gasteiger partial charge in [-0.05, 0) is 50.7 Å². The Bertz CT molecular complexity index is 667. The average Bonchev–Trinajstić information content (AvgIpc) is 2.89. The van der Waals surface area contributed by atoms with E-state index in [-0.39, 0.29) is 0 Å². The van der Waals surface area contributed by atoms with Gasteiger partial charge >= 0.3 is 0 Å². The van der Waals surface area contributed by atoms with Crippen molar-refractivity contribution in [1.82, 2.24) is 25.1 Å². The maximum absolute atomic E-state index is 4.65. The highest BCUT2D eigenvalue weighted by atomic mass is 15.4. The van der Waals surface area contributed by atoms with Crippen molar-refractivity contribution in [2.45, 2.75) is 45.6 Å². The Kier molecular flexibility index (Phi) is 3.93. The summed E-state index contributed by atoms with van der Waals surface area (Å²) in [5, 5.41) is 16.6. The van der Waals surface area contributed by atoms with Gasteiger partial charge in [0.1, 0.15) is 5.82 Å². The SMILES string of the molecule is Cc1nnc2ccc(N3CC(CNC4CCC(C)CC4)C3)nn12. The molecular weight excluding hydrogens is 288 g/mol. The third-order valence-corrected chi connectivity index (χ3v) is 5.40. The van der Waals surface area contributed by atoms with Gasteiger partial charge in [-0.2, -0.15) is 4.52 Å². The highest BCUT2D eigenvalue weighted by molar-refractivity contribution is 5.47. The van der Waals surface area contributed by atoms with Gasteiger partial charge in [0, 0.05) is 31.6 Å². The van der Waals surface area contributed by atoms with E-state index >= 15 is 0 Å². The number of anilines is 1. The molecule has 0 spiro atoms. The fraction of sp³-hybridized carbons (Fsp3) is 0.706. The predicted octanol–water partition coefficient (Wildman–Crippen LogP) is 2.04. The van der Waals surface area contributed by atoms with Gasteiger partial charge < -0.3 is 10.2 Å². The normalized spacial score (nSPS) is 25.7. The van der Waals surface area contributed by atoms with Gasteiger partial charge in [0.15, 0.2) is 11.5 Å². The van der Waals surface area contributed by atoms with Crippen LogP contribution in [0.2, 0.25) is 0 Å². The molecule has 6 nitrogen and oxygen atoms in total. The van der Waals surface area contributed by atoms with Crippen LogP contribution < -0.4 is 10.2 Å². The van der Waals surface area contributed by atoms with Crippen LogP contribution in [0.1, 0.15) is 38.4 Å². The van der Waals surface area contributed by atoms with Crippen molar-refractivity contribution in [2.75, 3.05) is 24.5 Å². The van der Waals surface area contributed by atoms with Gasteiger partial charge in [-0.3, -0.25) is 0 Å². The summed E-state index contributed by atoms with van der Waals surface area (Å²) in [6.45, 7) is 7.64. The zero-order valence-electron chi connectivity index (χ0n) is 14.1. The minimum atomic E-state index is 0.744. The minimum absolute atomic E-state index is 0.744. The monoisotopic (exact) mass is 314 g/mol. The van der Waals surface area contributed by atoms with E-state index in [0.717, 1.165) is 54.8 Å². The van der Waals surface area contributed by atoms with Gasteiger partial charge in [0.25, 0.3) is 0 Å². The molecule has 2 fully saturated rings. The third kappa shape index (κ3) is 3.04. The molecule has 2 aromatic heterocycles. The van der Waals surface area contributed by atoms with Crippen LogP contribution in [0, 0.1) is 18.8 Å². The smallest absolute Gasteiger partial charge is 0.178 e. The molecule has 1 saturated heterocycles. The molecule has 124 valence electrons. The second kappa shape index (κ2) is 6.07. The summed E-state index contributed by atoms with van der Waals surface area (Å²) in [5.74, 6) is 3.54. The van der Waals surface area contributed by atoms with Crippen LogP contribution in [0.25, 0.3) is 5.65 Å². The topological polar surface area (TPSA) is 58.4 Å². The minimum Gasteiger partial charge on any atom is -0.354 e. The molecule has 0 unspecified atom stereocenters. The first-order valence-corrected chi connectivity index (χ1v) is 8.86. The molecule has 6 heteroatoms. The Morgan fingerprint density at radius 2 is 1.91 bits per heavy atom.